The maximum Gasteiger partial charge on any atom is 0.338 e. The molecule has 1 aliphatic rings. The summed E-state index contributed by atoms with van der Waals surface area (Å²) in [5.74, 6) is -0.511. The van der Waals surface area contributed by atoms with Crippen LogP contribution < -0.4 is 10.1 Å². The molecule has 1 N–H and O–H groups in total. The fraction of sp³-hybridized carbons (Fsp3) is 0.238. The summed E-state index contributed by atoms with van der Waals surface area (Å²) < 4.78 is 24.3. The largest absolute Gasteiger partial charge is 0.487 e. The highest BCUT2D eigenvalue weighted by Crippen LogP contribution is 2.31. The van der Waals surface area contributed by atoms with Crippen LogP contribution in [0.1, 0.15) is 18.5 Å². The smallest absolute Gasteiger partial charge is 0.338 e. The highest BCUT2D eigenvalue weighted by atomic mass is 35.5. The van der Waals surface area contributed by atoms with Crippen molar-refractivity contribution in [3.63, 3.8) is 0 Å². The summed E-state index contributed by atoms with van der Waals surface area (Å²) in [6.07, 6.45) is 0. The van der Waals surface area contributed by atoms with E-state index in [-0.39, 0.29) is 18.8 Å². The quantitative estimate of drug-likeness (QED) is 0.718. The first kappa shape index (κ1) is 20.7. The van der Waals surface area contributed by atoms with E-state index in [1.807, 2.05) is 0 Å². The highest BCUT2D eigenvalue weighted by Gasteiger charge is 2.37. The number of urea groups is 1. The Morgan fingerprint density at radius 1 is 1.24 bits per heavy atom. The molecule has 0 spiro atoms. The van der Waals surface area contributed by atoms with E-state index in [1.54, 1.807) is 31.2 Å². The molecular weight excluding hydrogens is 399 g/mol. The van der Waals surface area contributed by atoms with Gasteiger partial charge >= 0.3 is 12.0 Å². The zero-order chi connectivity index (χ0) is 21.0. The van der Waals surface area contributed by atoms with E-state index in [0.717, 1.165) is 0 Å². The van der Waals surface area contributed by atoms with Crippen molar-refractivity contribution in [1.82, 2.24) is 10.2 Å². The van der Waals surface area contributed by atoms with Gasteiger partial charge in [0.1, 0.15) is 18.2 Å². The lowest BCUT2D eigenvalue weighted by atomic mass is 9.94. The number of hydrogen-bond donors (Lipinski definition) is 1. The van der Waals surface area contributed by atoms with Gasteiger partial charge in [-0.05, 0) is 42.8 Å². The molecule has 6 nitrogen and oxygen atoms in total. The van der Waals surface area contributed by atoms with Gasteiger partial charge in [-0.2, -0.15) is 0 Å². The van der Waals surface area contributed by atoms with E-state index in [1.165, 1.54) is 36.2 Å². The number of carbonyl (C=O) groups excluding carboxylic acids is 2. The average Bonchev–Trinajstić information content (AvgIpc) is 2.69. The van der Waals surface area contributed by atoms with Crippen molar-refractivity contribution in [3.8, 4) is 5.75 Å². The zero-order valence-corrected chi connectivity index (χ0v) is 16.7. The number of likely N-dealkylation sites (N-methyl/N-ethyl adjacent to an activating group) is 1. The van der Waals surface area contributed by atoms with E-state index < -0.39 is 23.9 Å². The van der Waals surface area contributed by atoms with Gasteiger partial charge in [0.25, 0.3) is 0 Å². The van der Waals surface area contributed by atoms with Gasteiger partial charge in [-0.1, -0.05) is 29.8 Å². The number of ether oxygens (including phenoxy) is 2. The molecule has 0 aromatic heterocycles. The van der Waals surface area contributed by atoms with Crippen molar-refractivity contribution in [3.05, 3.63) is 76.2 Å². The minimum absolute atomic E-state index is 0.0594. The number of halogens is 2. The fourth-order valence-electron chi connectivity index (χ4n) is 3.00. The molecule has 2 aromatic carbocycles. The number of benzene rings is 2. The lowest BCUT2D eigenvalue weighted by Crippen LogP contribution is -2.48. The van der Waals surface area contributed by atoms with Crippen LogP contribution in [-0.2, 0) is 9.53 Å². The van der Waals surface area contributed by atoms with Crippen LogP contribution in [0.15, 0.2) is 59.8 Å². The van der Waals surface area contributed by atoms with Crippen LogP contribution in [-0.4, -0.2) is 37.2 Å². The monoisotopic (exact) mass is 418 g/mol. The molecule has 8 heteroatoms. The third-order valence-corrected chi connectivity index (χ3v) is 4.68. The molecule has 1 atom stereocenters. The predicted octanol–water partition coefficient (Wildman–Crippen LogP) is 4.07. The third-order valence-electron chi connectivity index (χ3n) is 4.45. The Morgan fingerprint density at radius 2 is 1.97 bits per heavy atom. The van der Waals surface area contributed by atoms with Gasteiger partial charge in [-0.15, -0.1) is 0 Å². The molecule has 2 amide bonds. The number of hydrogen-bond acceptors (Lipinski definition) is 4. The summed E-state index contributed by atoms with van der Waals surface area (Å²) in [7, 11) is 1.53. The number of esters is 1. The van der Waals surface area contributed by atoms with Crippen LogP contribution in [0.2, 0.25) is 5.02 Å². The summed E-state index contributed by atoms with van der Waals surface area (Å²) in [6.45, 7) is 1.80. The maximum atomic E-state index is 13.4. The van der Waals surface area contributed by atoms with Gasteiger partial charge in [0, 0.05) is 12.1 Å². The van der Waals surface area contributed by atoms with Crippen molar-refractivity contribution in [2.75, 3.05) is 20.3 Å². The molecule has 1 aliphatic heterocycles. The summed E-state index contributed by atoms with van der Waals surface area (Å²) in [5, 5.41) is 3.26. The van der Waals surface area contributed by atoms with Gasteiger partial charge in [0.05, 0.1) is 23.9 Å². The Bertz CT molecular complexity index is 946. The Labute approximate surface area is 172 Å². The van der Waals surface area contributed by atoms with Crippen molar-refractivity contribution in [2.45, 2.75) is 13.0 Å². The minimum atomic E-state index is -0.795. The van der Waals surface area contributed by atoms with Crippen LogP contribution in [0.4, 0.5) is 9.18 Å². The lowest BCUT2D eigenvalue weighted by Gasteiger charge is -2.34. The van der Waals surface area contributed by atoms with E-state index in [4.69, 9.17) is 21.1 Å². The molecule has 1 heterocycles. The molecular formula is C21H20ClFN2O4. The van der Waals surface area contributed by atoms with Crippen LogP contribution in [0.3, 0.4) is 0 Å². The molecule has 3 rings (SSSR count). The molecule has 2 aromatic rings. The van der Waals surface area contributed by atoms with E-state index in [0.29, 0.717) is 22.0 Å². The van der Waals surface area contributed by atoms with E-state index in [2.05, 4.69) is 5.32 Å². The molecule has 152 valence electrons. The number of rotatable bonds is 6. The lowest BCUT2D eigenvalue weighted by molar-refractivity contribution is -0.139. The Hall–Kier alpha value is -3.06. The van der Waals surface area contributed by atoms with Gasteiger partial charge in [0.2, 0.25) is 0 Å². The Morgan fingerprint density at radius 3 is 2.62 bits per heavy atom. The maximum absolute atomic E-state index is 13.4. The fourth-order valence-corrected chi connectivity index (χ4v) is 3.18. The molecule has 0 fully saturated rings. The number of carbonyl (C=O) groups is 2. The first-order valence-electron chi connectivity index (χ1n) is 8.99. The number of nitrogens with zero attached hydrogens (tertiary/aromatic N) is 1. The van der Waals surface area contributed by atoms with E-state index in [9.17, 15) is 14.0 Å². The summed E-state index contributed by atoms with van der Waals surface area (Å²) >= 11 is 5.98. The molecule has 0 saturated carbocycles. The van der Waals surface area contributed by atoms with Gasteiger partial charge in [0.15, 0.2) is 0 Å². The summed E-state index contributed by atoms with van der Waals surface area (Å²) in [6, 6.07) is 11.1. The standard InChI is InChI=1S/C21H20ClFN2O4/c1-3-28-20(26)18-17(12-29-16-6-4-5-14(22)11-16)25(2)21(27)24-19(18)13-7-9-15(23)10-8-13/h4-11,19H,3,12H2,1-2H3,(H,24,27). The van der Waals surface area contributed by atoms with E-state index >= 15 is 0 Å². The van der Waals surface area contributed by atoms with Crippen LogP contribution >= 0.6 is 11.6 Å². The van der Waals surface area contributed by atoms with Gasteiger partial charge in [-0.25, -0.2) is 14.0 Å². The Balaban J connectivity index is 2.02. The highest BCUT2D eigenvalue weighted by molar-refractivity contribution is 6.30. The molecule has 0 bridgehead atoms. The van der Waals surface area contributed by atoms with Crippen molar-refractivity contribution < 1.29 is 23.5 Å². The average molecular weight is 419 g/mol. The van der Waals surface area contributed by atoms with Crippen molar-refractivity contribution >= 4 is 23.6 Å². The van der Waals surface area contributed by atoms with Crippen LogP contribution in [0, 0.1) is 5.82 Å². The molecule has 0 radical (unpaired) electrons. The second-order valence-corrected chi connectivity index (χ2v) is 6.76. The predicted molar refractivity (Wildman–Crippen MR) is 106 cm³/mol. The minimum Gasteiger partial charge on any atom is -0.487 e. The topological polar surface area (TPSA) is 67.9 Å². The molecule has 29 heavy (non-hydrogen) atoms. The second kappa shape index (κ2) is 8.96. The van der Waals surface area contributed by atoms with Gasteiger partial charge < -0.3 is 14.8 Å². The molecule has 0 saturated heterocycles. The van der Waals surface area contributed by atoms with Crippen LogP contribution in [0.5, 0.6) is 5.75 Å². The first-order chi connectivity index (χ1) is 13.9. The summed E-state index contributed by atoms with van der Waals surface area (Å²) in [4.78, 5) is 26.6. The molecule has 1 unspecified atom stereocenters. The second-order valence-electron chi connectivity index (χ2n) is 6.32. The Kier molecular flexibility index (Phi) is 6.39. The SMILES string of the molecule is CCOC(=O)C1=C(COc2cccc(Cl)c2)N(C)C(=O)NC1c1ccc(F)cc1. The van der Waals surface area contributed by atoms with Crippen molar-refractivity contribution in [1.29, 1.82) is 0 Å². The third kappa shape index (κ3) is 4.68. The first-order valence-corrected chi connectivity index (χ1v) is 9.36. The van der Waals surface area contributed by atoms with Crippen LogP contribution in [0.25, 0.3) is 0 Å². The normalized spacial score (nSPS) is 16.5. The van der Waals surface area contributed by atoms with Crippen molar-refractivity contribution in [2.24, 2.45) is 0 Å². The number of nitrogens with one attached hydrogen (secondary N) is 1. The summed E-state index contributed by atoms with van der Waals surface area (Å²) in [5.41, 5.74) is 1.13. The number of amides is 2. The zero-order valence-electron chi connectivity index (χ0n) is 15.9. The van der Waals surface area contributed by atoms with Gasteiger partial charge in [-0.3, -0.25) is 4.90 Å². The molecule has 0 aliphatic carbocycles.